The molecule has 4 fully saturated rings. The zero-order valence-electron chi connectivity index (χ0n) is 12.2. The highest BCUT2D eigenvalue weighted by Crippen LogP contribution is 2.61. The molecule has 21 heavy (non-hydrogen) atoms. The molecule has 1 aromatic heterocycles. The molecule has 4 heteroatoms. The van der Waals surface area contributed by atoms with Crippen molar-refractivity contribution in [1.29, 1.82) is 0 Å². The number of rotatable bonds is 4. The Labute approximate surface area is 134 Å². The predicted molar refractivity (Wildman–Crippen MR) is 84.0 cm³/mol. The molecule has 4 saturated carbocycles. The van der Waals surface area contributed by atoms with Crippen LogP contribution in [-0.2, 0) is 0 Å². The first-order valence-electron chi connectivity index (χ1n) is 8.15. The van der Waals surface area contributed by atoms with Crippen LogP contribution < -0.4 is 5.32 Å². The summed E-state index contributed by atoms with van der Waals surface area (Å²) in [5.41, 5.74) is 0.534. The molecule has 0 saturated heterocycles. The maximum atomic E-state index is 12.0. The van der Waals surface area contributed by atoms with E-state index in [9.17, 15) is 4.79 Å². The Hall–Kier alpha value is -0.770. The maximum absolute atomic E-state index is 12.0. The summed E-state index contributed by atoms with van der Waals surface area (Å²) >= 11 is 3.23. The Balaban J connectivity index is 1.34. The van der Waals surface area contributed by atoms with Gasteiger partial charge in [-0.05, 0) is 96.2 Å². The first kappa shape index (κ1) is 13.9. The number of hydrogen-bond donors (Lipinski definition) is 1. The molecule has 0 aliphatic heterocycles. The number of amides is 1. The molecule has 1 N–H and O–H groups in total. The molecule has 4 aliphatic rings. The number of nitrogens with one attached hydrogen (secondary N) is 1. The van der Waals surface area contributed by atoms with E-state index in [4.69, 9.17) is 4.42 Å². The summed E-state index contributed by atoms with van der Waals surface area (Å²) in [6.45, 7) is 0.781. The van der Waals surface area contributed by atoms with Crippen LogP contribution in [0.4, 0.5) is 0 Å². The first-order valence-corrected chi connectivity index (χ1v) is 8.95. The second-order valence-electron chi connectivity index (χ2n) is 7.53. The lowest BCUT2D eigenvalue weighted by Crippen LogP contribution is -2.47. The average molecular weight is 352 g/mol. The lowest BCUT2D eigenvalue weighted by Gasteiger charge is -2.57. The molecule has 4 aliphatic carbocycles. The molecule has 114 valence electrons. The average Bonchev–Trinajstić information content (AvgIpc) is 2.83. The van der Waals surface area contributed by atoms with Crippen LogP contribution in [0.25, 0.3) is 0 Å². The minimum Gasteiger partial charge on any atom is -0.444 e. The van der Waals surface area contributed by atoms with Crippen molar-refractivity contribution in [3.63, 3.8) is 0 Å². The molecule has 0 radical (unpaired) electrons. The highest BCUT2D eigenvalue weighted by Gasteiger charge is 2.50. The van der Waals surface area contributed by atoms with Crippen molar-refractivity contribution in [2.45, 2.75) is 44.9 Å². The fourth-order valence-electron chi connectivity index (χ4n) is 5.56. The van der Waals surface area contributed by atoms with E-state index in [2.05, 4.69) is 21.2 Å². The van der Waals surface area contributed by atoms with Crippen LogP contribution >= 0.6 is 15.9 Å². The van der Waals surface area contributed by atoms with E-state index in [-0.39, 0.29) is 5.91 Å². The Morgan fingerprint density at radius 2 is 1.81 bits per heavy atom. The van der Waals surface area contributed by atoms with Crippen LogP contribution in [0.5, 0.6) is 0 Å². The van der Waals surface area contributed by atoms with E-state index >= 15 is 0 Å². The molecule has 0 spiro atoms. The van der Waals surface area contributed by atoms with Gasteiger partial charge in [0.25, 0.3) is 5.91 Å². The molecule has 4 bridgehead atoms. The van der Waals surface area contributed by atoms with Gasteiger partial charge in [-0.1, -0.05) is 0 Å². The molecular weight excluding hydrogens is 330 g/mol. The fourth-order valence-corrected chi connectivity index (χ4v) is 5.87. The zero-order valence-corrected chi connectivity index (χ0v) is 13.8. The van der Waals surface area contributed by atoms with Crippen molar-refractivity contribution in [3.8, 4) is 0 Å². The van der Waals surface area contributed by atoms with Crippen molar-refractivity contribution in [1.82, 2.24) is 5.32 Å². The number of hydrogen-bond acceptors (Lipinski definition) is 2. The van der Waals surface area contributed by atoms with Gasteiger partial charge >= 0.3 is 0 Å². The third-order valence-electron chi connectivity index (χ3n) is 5.90. The quantitative estimate of drug-likeness (QED) is 0.874. The van der Waals surface area contributed by atoms with Gasteiger partial charge in [0.1, 0.15) is 0 Å². The van der Waals surface area contributed by atoms with E-state index in [0.29, 0.717) is 15.8 Å². The van der Waals surface area contributed by atoms with E-state index in [1.807, 2.05) is 0 Å². The first-order chi connectivity index (χ1) is 10.1. The molecular formula is C17H22BrNO2. The highest BCUT2D eigenvalue weighted by atomic mass is 79.9. The molecule has 1 heterocycles. The Morgan fingerprint density at radius 3 is 2.33 bits per heavy atom. The smallest absolute Gasteiger partial charge is 0.287 e. The van der Waals surface area contributed by atoms with E-state index in [1.54, 1.807) is 12.1 Å². The summed E-state index contributed by atoms with van der Waals surface area (Å²) in [4.78, 5) is 12.0. The van der Waals surface area contributed by atoms with Gasteiger partial charge in [0.15, 0.2) is 10.4 Å². The standard InChI is InChI=1S/C17H22BrNO2/c18-15-2-1-14(21-15)16(20)19-4-3-17-8-11-5-12(9-17)7-13(6-11)10-17/h1-2,11-13H,3-10H2,(H,19,20). The summed E-state index contributed by atoms with van der Waals surface area (Å²) < 4.78 is 5.90. The molecule has 1 amide bonds. The SMILES string of the molecule is O=C(NCCC12CC3CC(CC(C3)C1)C2)c1ccc(Br)o1. The topological polar surface area (TPSA) is 42.2 Å². The predicted octanol–water partition coefficient (Wildman–Crippen LogP) is 4.38. The van der Waals surface area contributed by atoms with Crippen molar-refractivity contribution in [3.05, 3.63) is 22.6 Å². The van der Waals surface area contributed by atoms with Gasteiger partial charge in [-0.3, -0.25) is 4.79 Å². The Bertz CT molecular complexity index is 515. The van der Waals surface area contributed by atoms with E-state index in [1.165, 1.54) is 38.5 Å². The van der Waals surface area contributed by atoms with Gasteiger partial charge in [0.05, 0.1) is 0 Å². The van der Waals surface area contributed by atoms with Gasteiger partial charge < -0.3 is 9.73 Å². The molecule has 5 rings (SSSR count). The third-order valence-corrected chi connectivity index (χ3v) is 6.33. The van der Waals surface area contributed by atoms with Crippen LogP contribution in [0, 0.1) is 23.2 Å². The molecule has 0 atom stereocenters. The highest BCUT2D eigenvalue weighted by molar-refractivity contribution is 9.10. The second kappa shape index (κ2) is 5.15. The maximum Gasteiger partial charge on any atom is 0.287 e. The largest absolute Gasteiger partial charge is 0.444 e. The molecule has 1 aromatic rings. The lowest BCUT2D eigenvalue weighted by molar-refractivity contribution is -0.0564. The normalized spacial score (nSPS) is 36.9. The van der Waals surface area contributed by atoms with Gasteiger partial charge in [0.2, 0.25) is 0 Å². The fraction of sp³-hybridized carbons (Fsp3) is 0.706. The van der Waals surface area contributed by atoms with Crippen molar-refractivity contribution in [2.24, 2.45) is 23.2 Å². The molecule has 0 unspecified atom stereocenters. The van der Waals surface area contributed by atoms with Crippen LogP contribution in [0.3, 0.4) is 0 Å². The van der Waals surface area contributed by atoms with Crippen molar-refractivity contribution >= 4 is 21.8 Å². The minimum atomic E-state index is -0.0922. The van der Waals surface area contributed by atoms with Crippen LogP contribution in [0.1, 0.15) is 55.5 Å². The monoisotopic (exact) mass is 351 g/mol. The van der Waals surface area contributed by atoms with Crippen molar-refractivity contribution < 1.29 is 9.21 Å². The van der Waals surface area contributed by atoms with E-state index < -0.39 is 0 Å². The van der Waals surface area contributed by atoms with Crippen LogP contribution in [0.2, 0.25) is 0 Å². The second-order valence-corrected chi connectivity index (χ2v) is 8.31. The molecule has 3 nitrogen and oxygen atoms in total. The van der Waals surface area contributed by atoms with Crippen LogP contribution in [0.15, 0.2) is 21.2 Å². The van der Waals surface area contributed by atoms with Gasteiger partial charge in [-0.2, -0.15) is 0 Å². The number of halogens is 1. The summed E-state index contributed by atoms with van der Waals surface area (Å²) in [6, 6.07) is 3.47. The lowest BCUT2D eigenvalue weighted by atomic mass is 9.49. The van der Waals surface area contributed by atoms with Crippen LogP contribution in [-0.4, -0.2) is 12.5 Å². The van der Waals surface area contributed by atoms with Gasteiger partial charge in [-0.15, -0.1) is 0 Å². The Morgan fingerprint density at radius 1 is 1.19 bits per heavy atom. The minimum absolute atomic E-state index is 0.0922. The number of carbonyl (C=O) groups excluding carboxylic acids is 1. The summed E-state index contributed by atoms with van der Waals surface area (Å²) in [5, 5.41) is 3.03. The third kappa shape index (κ3) is 2.67. The zero-order chi connectivity index (χ0) is 14.4. The number of furan rings is 1. The summed E-state index contributed by atoms with van der Waals surface area (Å²) in [5.74, 6) is 3.24. The summed E-state index contributed by atoms with van der Waals surface area (Å²) in [7, 11) is 0. The van der Waals surface area contributed by atoms with Crippen molar-refractivity contribution in [2.75, 3.05) is 6.54 Å². The van der Waals surface area contributed by atoms with Gasteiger partial charge in [0, 0.05) is 6.54 Å². The molecule has 0 aromatic carbocycles. The summed E-state index contributed by atoms with van der Waals surface area (Å²) in [6.07, 6.45) is 9.79. The van der Waals surface area contributed by atoms with Gasteiger partial charge in [-0.25, -0.2) is 0 Å². The van der Waals surface area contributed by atoms with E-state index in [0.717, 1.165) is 30.7 Å². The number of carbonyl (C=O) groups is 1. The Kier molecular flexibility index (Phi) is 3.40.